The van der Waals surface area contributed by atoms with Crippen molar-refractivity contribution in [3.05, 3.63) is 59.7 Å². The number of carbonyl (C=O) groups excluding carboxylic acids is 1. The minimum absolute atomic E-state index is 0.0750. The lowest BCUT2D eigenvalue weighted by Gasteiger charge is -2.40. The summed E-state index contributed by atoms with van der Waals surface area (Å²) in [6.07, 6.45) is 0. The number of morpholine rings is 1. The molecule has 0 aliphatic carbocycles. The molecule has 1 aliphatic rings. The molecule has 3 rings (SSSR count). The minimum atomic E-state index is -0.0750. The monoisotopic (exact) mass is 324 g/mol. The van der Waals surface area contributed by atoms with Gasteiger partial charge in [0.1, 0.15) is 0 Å². The van der Waals surface area contributed by atoms with Gasteiger partial charge in [-0.15, -0.1) is 0 Å². The molecule has 0 aromatic heterocycles. The molecule has 1 saturated heterocycles. The van der Waals surface area contributed by atoms with E-state index in [9.17, 15) is 4.79 Å². The summed E-state index contributed by atoms with van der Waals surface area (Å²) in [5.41, 5.74) is 3.65. The van der Waals surface area contributed by atoms with Crippen molar-refractivity contribution in [2.24, 2.45) is 0 Å². The second kappa shape index (κ2) is 7.05. The van der Waals surface area contributed by atoms with Crippen molar-refractivity contribution in [1.82, 2.24) is 0 Å². The van der Waals surface area contributed by atoms with Crippen LogP contribution in [0.25, 0.3) is 0 Å². The lowest BCUT2D eigenvalue weighted by atomic mass is 10.1. The first kappa shape index (κ1) is 16.5. The van der Waals surface area contributed by atoms with Crippen LogP contribution in [0.15, 0.2) is 48.5 Å². The predicted molar refractivity (Wildman–Crippen MR) is 97.8 cm³/mol. The number of nitrogens with zero attached hydrogens (tertiary/aromatic N) is 1. The Bertz CT molecular complexity index is 702. The highest BCUT2D eigenvalue weighted by Crippen LogP contribution is 2.25. The standard InChI is InChI=1S/C20H24N2O2/c1-14-6-4-5-7-19(14)20(23)21-17-8-10-18(11-9-17)22-15(2)12-24-13-16(22)3/h4-11,15-16H,12-13H2,1-3H3,(H,21,23). The summed E-state index contributed by atoms with van der Waals surface area (Å²) in [4.78, 5) is 14.8. The quantitative estimate of drug-likeness (QED) is 0.932. The zero-order valence-electron chi connectivity index (χ0n) is 14.5. The van der Waals surface area contributed by atoms with Crippen molar-refractivity contribution in [2.45, 2.75) is 32.9 Å². The summed E-state index contributed by atoms with van der Waals surface area (Å²) in [6.45, 7) is 7.78. The van der Waals surface area contributed by atoms with E-state index in [1.54, 1.807) is 0 Å². The van der Waals surface area contributed by atoms with Gasteiger partial charge in [0.05, 0.1) is 13.2 Å². The molecule has 2 aromatic rings. The van der Waals surface area contributed by atoms with Crippen molar-refractivity contribution >= 4 is 17.3 Å². The maximum absolute atomic E-state index is 12.4. The third-order valence-corrected chi connectivity index (χ3v) is 4.48. The van der Waals surface area contributed by atoms with Crippen LogP contribution in [-0.2, 0) is 4.74 Å². The highest BCUT2D eigenvalue weighted by molar-refractivity contribution is 6.05. The fraction of sp³-hybridized carbons (Fsp3) is 0.350. The number of aryl methyl sites for hydroxylation is 1. The van der Waals surface area contributed by atoms with Crippen LogP contribution < -0.4 is 10.2 Å². The van der Waals surface area contributed by atoms with E-state index >= 15 is 0 Å². The number of ether oxygens (including phenoxy) is 1. The predicted octanol–water partition coefficient (Wildman–Crippen LogP) is 3.86. The van der Waals surface area contributed by atoms with Crippen LogP contribution in [-0.4, -0.2) is 31.2 Å². The molecule has 4 nitrogen and oxygen atoms in total. The molecule has 24 heavy (non-hydrogen) atoms. The molecule has 2 aromatic carbocycles. The molecule has 1 aliphatic heterocycles. The summed E-state index contributed by atoms with van der Waals surface area (Å²) < 4.78 is 5.58. The van der Waals surface area contributed by atoms with Gasteiger partial charge < -0.3 is 15.0 Å². The SMILES string of the molecule is Cc1ccccc1C(=O)Nc1ccc(N2C(C)COCC2C)cc1. The highest BCUT2D eigenvalue weighted by Gasteiger charge is 2.25. The number of carbonyl (C=O) groups is 1. The van der Waals surface area contributed by atoms with Crippen molar-refractivity contribution in [3.63, 3.8) is 0 Å². The minimum Gasteiger partial charge on any atom is -0.377 e. The van der Waals surface area contributed by atoms with Gasteiger partial charge in [0.25, 0.3) is 5.91 Å². The van der Waals surface area contributed by atoms with Crippen LogP contribution in [0.3, 0.4) is 0 Å². The fourth-order valence-electron chi connectivity index (χ4n) is 3.26. The van der Waals surface area contributed by atoms with Crippen LogP contribution in [0.4, 0.5) is 11.4 Å². The van der Waals surface area contributed by atoms with Gasteiger partial charge in [-0.05, 0) is 56.7 Å². The van der Waals surface area contributed by atoms with Crippen LogP contribution >= 0.6 is 0 Å². The zero-order chi connectivity index (χ0) is 17.1. The molecule has 0 radical (unpaired) electrons. The number of hydrogen-bond acceptors (Lipinski definition) is 3. The smallest absolute Gasteiger partial charge is 0.255 e. The van der Waals surface area contributed by atoms with E-state index in [2.05, 4.69) is 36.2 Å². The molecule has 1 heterocycles. The first-order valence-electron chi connectivity index (χ1n) is 8.39. The lowest BCUT2D eigenvalue weighted by Crippen LogP contribution is -2.49. The zero-order valence-corrected chi connectivity index (χ0v) is 14.5. The van der Waals surface area contributed by atoms with Gasteiger partial charge in [-0.2, -0.15) is 0 Å². The van der Waals surface area contributed by atoms with Crippen molar-refractivity contribution in [1.29, 1.82) is 0 Å². The Balaban J connectivity index is 1.73. The van der Waals surface area contributed by atoms with E-state index in [1.807, 2.05) is 43.3 Å². The van der Waals surface area contributed by atoms with E-state index < -0.39 is 0 Å². The molecule has 126 valence electrons. The van der Waals surface area contributed by atoms with E-state index in [-0.39, 0.29) is 5.91 Å². The molecule has 2 atom stereocenters. The fourth-order valence-corrected chi connectivity index (χ4v) is 3.26. The average molecular weight is 324 g/mol. The van der Waals surface area contributed by atoms with Crippen LogP contribution in [0.5, 0.6) is 0 Å². The average Bonchev–Trinajstić information content (AvgIpc) is 2.56. The molecule has 0 bridgehead atoms. The number of amides is 1. The summed E-state index contributed by atoms with van der Waals surface area (Å²) >= 11 is 0. The summed E-state index contributed by atoms with van der Waals surface area (Å²) in [5, 5.41) is 2.97. The number of rotatable bonds is 3. The summed E-state index contributed by atoms with van der Waals surface area (Å²) in [6, 6.07) is 16.3. The molecule has 2 unspecified atom stereocenters. The summed E-state index contributed by atoms with van der Waals surface area (Å²) in [5.74, 6) is -0.0750. The Hall–Kier alpha value is -2.33. The second-order valence-electron chi connectivity index (χ2n) is 6.46. The molecule has 1 N–H and O–H groups in total. The Labute approximate surface area is 143 Å². The lowest BCUT2D eigenvalue weighted by molar-refractivity contribution is 0.0757. The first-order chi connectivity index (χ1) is 11.6. The topological polar surface area (TPSA) is 41.6 Å². The number of nitrogens with one attached hydrogen (secondary N) is 1. The third-order valence-electron chi connectivity index (χ3n) is 4.48. The number of anilines is 2. The maximum atomic E-state index is 12.4. The van der Waals surface area contributed by atoms with Crippen LogP contribution in [0, 0.1) is 6.92 Å². The third kappa shape index (κ3) is 3.44. The Morgan fingerprint density at radius 3 is 2.29 bits per heavy atom. The van der Waals surface area contributed by atoms with E-state index in [4.69, 9.17) is 4.74 Å². The number of hydrogen-bond donors (Lipinski definition) is 1. The largest absolute Gasteiger partial charge is 0.377 e. The Kier molecular flexibility index (Phi) is 4.86. The molecular formula is C20H24N2O2. The molecule has 1 amide bonds. The second-order valence-corrected chi connectivity index (χ2v) is 6.46. The van der Waals surface area contributed by atoms with E-state index in [1.165, 1.54) is 0 Å². The maximum Gasteiger partial charge on any atom is 0.255 e. The Morgan fingerprint density at radius 1 is 1.04 bits per heavy atom. The van der Waals surface area contributed by atoms with Gasteiger partial charge in [0.2, 0.25) is 0 Å². The van der Waals surface area contributed by atoms with Gasteiger partial charge >= 0.3 is 0 Å². The summed E-state index contributed by atoms with van der Waals surface area (Å²) in [7, 11) is 0. The highest BCUT2D eigenvalue weighted by atomic mass is 16.5. The molecular weight excluding hydrogens is 300 g/mol. The normalized spacial score (nSPS) is 20.7. The van der Waals surface area contributed by atoms with E-state index in [0.717, 1.165) is 30.2 Å². The van der Waals surface area contributed by atoms with Gasteiger partial charge in [0, 0.05) is 29.0 Å². The van der Waals surface area contributed by atoms with E-state index in [0.29, 0.717) is 17.6 Å². The number of benzene rings is 2. The van der Waals surface area contributed by atoms with Crippen molar-refractivity contribution in [2.75, 3.05) is 23.4 Å². The molecule has 0 spiro atoms. The molecule has 4 heteroatoms. The van der Waals surface area contributed by atoms with Crippen molar-refractivity contribution < 1.29 is 9.53 Å². The van der Waals surface area contributed by atoms with Crippen LogP contribution in [0.2, 0.25) is 0 Å². The molecule has 0 saturated carbocycles. The van der Waals surface area contributed by atoms with Gasteiger partial charge in [-0.25, -0.2) is 0 Å². The Morgan fingerprint density at radius 2 is 1.67 bits per heavy atom. The van der Waals surface area contributed by atoms with Crippen LogP contribution in [0.1, 0.15) is 29.8 Å². The van der Waals surface area contributed by atoms with Gasteiger partial charge in [0.15, 0.2) is 0 Å². The van der Waals surface area contributed by atoms with Gasteiger partial charge in [-0.3, -0.25) is 4.79 Å². The first-order valence-corrected chi connectivity index (χ1v) is 8.39. The van der Waals surface area contributed by atoms with Crippen molar-refractivity contribution in [3.8, 4) is 0 Å². The molecule has 1 fully saturated rings. The van der Waals surface area contributed by atoms with Gasteiger partial charge in [-0.1, -0.05) is 18.2 Å².